The number of hydrogen-bond acceptors (Lipinski definition) is 4. The van der Waals surface area contributed by atoms with E-state index in [9.17, 15) is 27.8 Å². The van der Waals surface area contributed by atoms with Crippen LogP contribution in [-0.2, 0) is 0 Å². The van der Waals surface area contributed by atoms with Crippen molar-refractivity contribution in [3.8, 4) is 5.75 Å². The lowest BCUT2D eigenvalue weighted by Gasteiger charge is -2.17. The average molecular weight is 269 g/mol. The van der Waals surface area contributed by atoms with Gasteiger partial charge in [-0.25, -0.2) is 4.39 Å². The van der Waals surface area contributed by atoms with Crippen LogP contribution in [0.3, 0.4) is 0 Å². The van der Waals surface area contributed by atoms with Crippen molar-refractivity contribution in [3.05, 3.63) is 29.6 Å². The zero-order valence-electron chi connectivity index (χ0n) is 8.99. The Bertz CT molecular complexity index is 411. The molecule has 0 aliphatic rings. The topological polar surface area (TPSA) is 75.7 Å². The van der Waals surface area contributed by atoms with E-state index in [-0.39, 0.29) is 12.1 Å². The van der Waals surface area contributed by atoms with Crippen molar-refractivity contribution in [1.82, 2.24) is 0 Å². The summed E-state index contributed by atoms with van der Waals surface area (Å²) in [4.78, 5) is 0. The smallest absolute Gasteiger partial charge is 0.406 e. The molecule has 0 saturated heterocycles. The maximum absolute atomic E-state index is 13.4. The second-order valence-corrected chi connectivity index (χ2v) is 3.48. The van der Waals surface area contributed by atoms with Crippen molar-refractivity contribution in [2.24, 2.45) is 5.73 Å². The van der Waals surface area contributed by atoms with Crippen LogP contribution >= 0.6 is 0 Å². The van der Waals surface area contributed by atoms with Crippen LogP contribution in [0.15, 0.2) is 18.2 Å². The van der Waals surface area contributed by atoms with Gasteiger partial charge in [-0.2, -0.15) is 0 Å². The lowest BCUT2D eigenvalue weighted by atomic mass is 10.0. The summed E-state index contributed by atoms with van der Waals surface area (Å²) in [5.74, 6) is -1.88. The summed E-state index contributed by atoms with van der Waals surface area (Å²) in [7, 11) is 0. The molecule has 0 spiro atoms. The van der Waals surface area contributed by atoms with E-state index in [4.69, 9.17) is 5.73 Å². The average Bonchev–Trinajstić information content (AvgIpc) is 2.25. The Kier molecular flexibility index (Phi) is 4.49. The molecule has 0 bridgehead atoms. The Morgan fingerprint density at radius 2 is 1.89 bits per heavy atom. The molecule has 0 amide bonds. The number of halogens is 4. The van der Waals surface area contributed by atoms with E-state index in [1.165, 1.54) is 0 Å². The van der Waals surface area contributed by atoms with Crippen molar-refractivity contribution in [3.63, 3.8) is 0 Å². The van der Waals surface area contributed by atoms with E-state index in [1.807, 2.05) is 0 Å². The third kappa shape index (κ3) is 3.83. The lowest BCUT2D eigenvalue weighted by Crippen LogP contribution is -2.27. The van der Waals surface area contributed by atoms with Gasteiger partial charge in [0.15, 0.2) is 0 Å². The molecule has 0 heterocycles. The molecule has 0 radical (unpaired) electrons. The van der Waals surface area contributed by atoms with Gasteiger partial charge in [0, 0.05) is 18.2 Å². The van der Waals surface area contributed by atoms with Gasteiger partial charge >= 0.3 is 6.36 Å². The number of benzene rings is 1. The molecule has 0 saturated carbocycles. The predicted octanol–water partition coefficient (Wildman–Crippen LogP) is 1.08. The molecule has 0 aliphatic heterocycles. The van der Waals surface area contributed by atoms with E-state index in [2.05, 4.69) is 4.74 Å². The fourth-order valence-electron chi connectivity index (χ4n) is 1.28. The van der Waals surface area contributed by atoms with Crippen LogP contribution in [0.1, 0.15) is 11.7 Å². The maximum Gasteiger partial charge on any atom is 0.573 e. The van der Waals surface area contributed by atoms with Gasteiger partial charge in [0.05, 0.1) is 6.10 Å². The molecule has 8 heteroatoms. The summed E-state index contributed by atoms with van der Waals surface area (Å²) >= 11 is 0. The van der Waals surface area contributed by atoms with Crippen LogP contribution in [-0.4, -0.2) is 29.2 Å². The van der Waals surface area contributed by atoms with Gasteiger partial charge in [-0.15, -0.1) is 13.2 Å². The highest BCUT2D eigenvalue weighted by Crippen LogP contribution is 2.27. The van der Waals surface area contributed by atoms with Gasteiger partial charge in [-0.1, -0.05) is 0 Å². The normalized spacial score (nSPS) is 15.3. The summed E-state index contributed by atoms with van der Waals surface area (Å²) in [5.41, 5.74) is 4.71. The van der Waals surface area contributed by atoms with E-state index < -0.39 is 30.1 Å². The van der Waals surface area contributed by atoms with Crippen molar-refractivity contribution in [2.45, 2.75) is 18.6 Å². The van der Waals surface area contributed by atoms with Crippen LogP contribution in [0.4, 0.5) is 17.6 Å². The molecule has 102 valence electrons. The predicted molar refractivity (Wildman–Crippen MR) is 53.1 cm³/mol. The minimum absolute atomic E-state index is 0.318. The Hall–Kier alpha value is -1.38. The van der Waals surface area contributed by atoms with Crippen LogP contribution in [0.5, 0.6) is 5.75 Å². The number of alkyl halides is 3. The van der Waals surface area contributed by atoms with Crippen LogP contribution < -0.4 is 10.5 Å². The van der Waals surface area contributed by atoms with Crippen molar-refractivity contribution in [2.75, 3.05) is 6.54 Å². The fourth-order valence-corrected chi connectivity index (χ4v) is 1.28. The van der Waals surface area contributed by atoms with Crippen molar-refractivity contribution >= 4 is 0 Å². The Morgan fingerprint density at radius 3 is 2.33 bits per heavy atom. The minimum atomic E-state index is -4.93. The van der Waals surface area contributed by atoms with Crippen molar-refractivity contribution in [1.29, 1.82) is 0 Å². The molecule has 2 unspecified atom stereocenters. The third-order valence-electron chi connectivity index (χ3n) is 2.13. The number of ether oxygens (including phenoxy) is 1. The Morgan fingerprint density at radius 1 is 1.28 bits per heavy atom. The van der Waals surface area contributed by atoms with Gasteiger partial charge in [0.25, 0.3) is 0 Å². The molecule has 0 fully saturated rings. The summed E-state index contributed by atoms with van der Waals surface area (Å²) in [6.07, 6.45) is -7.95. The van der Waals surface area contributed by atoms with E-state index >= 15 is 0 Å². The number of aliphatic hydroxyl groups is 2. The highest BCUT2D eigenvalue weighted by Gasteiger charge is 2.31. The van der Waals surface area contributed by atoms with Gasteiger partial charge in [0.1, 0.15) is 17.7 Å². The van der Waals surface area contributed by atoms with Crippen LogP contribution in [0.25, 0.3) is 0 Å². The number of rotatable bonds is 4. The van der Waals surface area contributed by atoms with Gasteiger partial charge in [-0.05, 0) is 12.1 Å². The lowest BCUT2D eigenvalue weighted by molar-refractivity contribution is -0.274. The zero-order chi connectivity index (χ0) is 13.9. The second kappa shape index (κ2) is 5.51. The van der Waals surface area contributed by atoms with Crippen LogP contribution in [0.2, 0.25) is 0 Å². The molecular weight excluding hydrogens is 258 g/mol. The first-order chi connectivity index (χ1) is 8.24. The number of hydrogen-bond donors (Lipinski definition) is 3. The first kappa shape index (κ1) is 14.7. The molecule has 1 aromatic rings. The monoisotopic (exact) mass is 269 g/mol. The standard InChI is InChI=1S/C10H11F4NO3/c11-7-3-5(18-10(12,13)14)1-2-6(7)9(17)8(16)4-15/h1-3,8-9,16-17H,4,15H2. The molecule has 0 aromatic heterocycles. The molecule has 1 rings (SSSR count). The van der Waals surface area contributed by atoms with E-state index in [0.29, 0.717) is 6.07 Å². The number of nitrogens with two attached hydrogens (primary N) is 1. The first-order valence-corrected chi connectivity index (χ1v) is 4.86. The first-order valence-electron chi connectivity index (χ1n) is 4.86. The highest BCUT2D eigenvalue weighted by atomic mass is 19.4. The maximum atomic E-state index is 13.4. The quantitative estimate of drug-likeness (QED) is 0.715. The highest BCUT2D eigenvalue weighted by molar-refractivity contribution is 5.30. The van der Waals surface area contributed by atoms with Gasteiger partial charge in [0.2, 0.25) is 0 Å². The molecule has 1 aromatic carbocycles. The Labute approximate surface area is 99.6 Å². The summed E-state index contributed by atoms with van der Waals surface area (Å²) < 4.78 is 52.5. The molecule has 18 heavy (non-hydrogen) atoms. The minimum Gasteiger partial charge on any atom is -0.406 e. The second-order valence-electron chi connectivity index (χ2n) is 3.48. The molecular formula is C10H11F4NO3. The number of aliphatic hydroxyl groups excluding tert-OH is 2. The van der Waals surface area contributed by atoms with Gasteiger partial charge in [-0.3, -0.25) is 0 Å². The molecule has 4 nitrogen and oxygen atoms in total. The van der Waals surface area contributed by atoms with Gasteiger partial charge < -0.3 is 20.7 Å². The van der Waals surface area contributed by atoms with Crippen LogP contribution in [0, 0.1) is 5.82 Å². The summed E-state index contributed by atoms with van der Waals surface area (Å²) in [6.45, 7) is -0.318. The van der Waals surface area contributed by atoms with Crippen molar-refractivity contribution < 1.29 is 32.5 Å². The SMILES string of the molecule is NCC(O)C(O)c1ccc(OC(F)(F)F)cc1F. The largest absolute Gasteiger partial charge is 0.573 e. The Balaban J connectivity index is 2.92. The van der Waals surface area contributed by atoms with E-state index in [1.54, 1.807) is 0 Å². The third-order valence-corrected chi connectivity index (χ3v) is 2.13. The van der Waals surface area contributed by atoms with E-state index in [0.717, 1.165) is 12.1 Å². The zero-order valence-corrected chi connectivity index (χ0v) is 8.99. The molecule has 0 aliphatic carbocycles. The molecule has 2 atom stereocenters. The fraction of sp³-hybridized carbons (Fsp3) is 0.400. The summed E-state index contributed by atoms with van der Waals surface area (Å²) in [6, 6.07) is 2.19. The summed E-state index contributed by atoms with van der Waals surface area (Å²) in [5, 5.41) is 18.7. The molecule has 4 N–H and O–H groups in total.